The Hall–Kier alpha value is -1.52. The van der Waals surface area contributed by atoms with E-state index in [1.165, 1.54) is 6.08 Å². The molecule has 0 aromatic rings. The summed E-state index contributed by atoms with van der Waals surface area (Å²) in [6.07, 6.45) is 1.36. The lowest BCUT2D eigenvalue weighted by atomic mass is 10.0. The molecule has 0 aliphatic carbocycles. The van der Waals surface area contributed by atoms with E-state index in [1.54, 1.807) is 0 Å². The van der Waals surface area contributed by atoms with E-state index in [1.807, 2.05) is 13.8 Å². The number of rotatable bonds is 7. The van der Waals surface area contributed by atoms with Crippen molar-refractivity contribution in [3.63, 3.8) is 0 Å². The van der Waals surface area contributed by atoms with Crippen molar-refractivity contribution in [2.45, 2.75) is 32.7 Å². The number of carboxylic acid groups (broad SMARTS) is 1. The van der Waals surface area contributed by atoms with E-state index in [-0.39, 0.29) is 13.0 Å². The topological polar surface area (TPSA) is 75.6 Å². The second-order valence-corrected chi connectivity index (χ2v) is 3.96. The fraction of sp³-hybridized carbons (Fsp3) is 0.636. The Morgan fingerprint density at radius 2 is 2.12 bits per heavy atom. The average Bonchev–Trinajstić information content (AvgIpc) is 2.12. The van der Waals surface area contributed by atoms with Gasteiger partial charge in [-0.25, -0.2) is 4.79 Å². The van der Waals surface area contributed by atoms with Crippen LogP contribution >= 0.6 is 0 Å². The van der Waals surface area contributed by atoms with E-state index >= 15 is 0 Å². The summed E-state index contributed by atoms with van der Waals surface area (Å²) < 4.78 is 4.72. The maximum absolute atomic E-state index is 11.2. The number of ether oxygens (including phenoxy) is 1. The van der Waals surface area contributed by atoms with Crippen LogP contribution < -0.4 is 5.32 Å². The summed E-state index contributed by atoms with van der Waals surface area (Å²) in [4.78, 5) is 21.8. The highest BCUT2D eigenvalue weighted by Crippen LogP contribution is 2.08. The lowest BCUT2D eigenvalue weighted by Crippen LogP contribution is -2.37. The van der Waals surface area contributed by atoms with E-state index in [4.69, 9.17) is 9.84 Å². The minimum atomic E-state index is -0.935. The summed E-state index contributed by atoms with van der Waals surface area (Å²) in [5.74, 6) is -0.626. The molecule has 5 nitrogen and oxygen atoms in total. The van der Waals surface area contributed by atoms with Gasteiger partial charge in [-0.05, 0) is 12.3 Å². The zero-order valence-electron chi connectivity index (χ0n) is 9.73. The number of amides is 1. The van der Waals surface area contributed by atoms with Crippen LogP contribution in [0.25, 0.3) is 0 Å². The number of alkyl carbamates (subject to hydrolysis) is 1. The van der Waals surface area contributed by atoms with E-state index in [2.05, 4.69) is 11.9 Å². The first-order valence-electron chi connectivity index (χ1n) is 5.21. The lowest BCUT2D eigenvalue weighted by molar-refractivity contribution is -0.137. The summed E-state index contributed by atoms with van der Waals surface area (Å²) in [6, 6.07) is -0.394. The first-order chi connectivity index (χ1) is 7.45. The molecule has 0 saturated heterocycles. The number of carboxylic acids is 1. The third kappa shape index (κ3) is 7.84. The summed E-state index contributed by atoms with van der Waals surface area (Å²) in [7, 11) is 0. The molecule has 0 heterocycles. The molecule has 92 valence electrons. The molecule has 0 unspecified atom stereocenters. The largest absolute Gasteiger partial charge is 0.481 e. The summed E-state index contributed by atoms with van der Waals surface area (Å²) in [6.45, 7) is 7.46. The maximum Gasteiger partial charge on any atom is 0.407 e. The van der Waals surface area contributed by atoms with Crippen LogP contribution in [0.2, 0.25) is 0 Å². The van der Waals surface area contributed by atoms with Gasteiger partial charge in [-0.3, -0.25) is 4.79 Å². The van der Waals surface area contributed by atoms with Crippen molar-refractivity contribution in [3.05, 3.63) is 12.7 Å². The molecule has 0 aromatic carbocycles. The minimum absolute atomic E-state index is 0.0959. The Balaban J connectivity index is 4.13. The molecule has 0 spiro atoms. The summed E-state index contributed by atoms with van der Waals surface area (Å²) >= 11 is 0. The van der Waals surface area contributed by atoms with Gasteiger partial charge < -0.3 is 15.2 Å². The van der Waals surface area contributed by atoms with Gasteiger partial charge in [0.05, 0.1) is 6.42 Å². The van der Waals surface area contributed by atoms with Crippen molar-refractivity contribution in [2.75, 3.05) is 6.61 Å². The zero-order valence-corrected chi connectivity index (χ0v) is 9.73. The van der Waals surface area contributed by atoms with Crippen molar-refractivity contribution in [1.82, 2.24) is 5.32 Å². The molecule has 1 amide bonds. The molecule has 1 atom stereocenters. The number of nitrogens with one attached hydrogen (secondary N) is 1. The van der Waals surface area contributed by atoms with Gasteiger partial charge in [0.1, 0.15) is 6.61 Å². The van der Waals surface area contributed by atoms with Crippen LogP contribution in [0, 0.1) is 5.92 Å². The molecule has 0 aliphatic heterocycles. The van der Waals surface area contributed by atoms with Crippen LogP contribution in [-0.4, -0.2) is 29.8 Å². The highest BCUT2D eigenvalue weighted by molar-refractivity contribution is 5.71. The van der Waals surface area contributed by atoms with Crippen molar-refractivity contribution in [1.29, 1.82) is 0 Å². The minimum Gasteiger partial charge on any atom is -0.481 e. The predicted octanol–water partition coefficient (Wildman–Crippen LogP) is 1.79. The van der Waals surface area contributed by atoms with Gasteiger partial charge >= 0.3 is 12.1 Å². The second-order valence-electron chi connectivity index (χ2n) is 3.96. The maximum atomic E-state index is 11.2. The van der Waals surface area contributed by atoms with Crippen molar-refractivity contribution in [3.8, 4) is 0 Å². The Labute approximate surface area is 95.5 Å². The Kier molecular flexibility index (Phi) is 7.00. The standard InChI is InChI=1S/C11H19NO4/c1-4-5-16-11(15)12-9(6-8(2)3)7-10(13)14/h4,8-9H,1,5-7H2,2-3H3,(H,12,15)(H,13,14)/t9-/m1/s1. The van der Waals surface area contributed by atoms with Gasteiger partial charge in [0, 0.05) is 6.04 Å². The van der Waals surface area contributed by atoms with Gasteiger partial charge in [-0.2, -0.15) is 0 Å². The third-order valence-electron chi connectivity index (χ3n) is 1.83. The van der Waals surface area contributed by atoms with Crippen LogP contribution in [0.15, 0.2) is 12.7 Å². The number of aliphatic carboxylic acids is 1. The number of hydrogen-bond donors (Lipinski definition) is 2. The number of carbonyl (C=O) groups is 2. The number of carbonyl (C=O) groups excluding carboxylic acids is 1. The Bertz CT molecular complexity index is 250. The van der Waals surface area contributed by atoms with Gasteiger partial charge in [0.2, 0.25) is 0 Å². The zero-order chi connectivity index (χ0) is 12.6. The highest BCUT2D eigenvalue weighted by Gasteiger charge is 2.17. The van der Waals surface area contributed by atoms with E-state index < -0.39 is 18.1 Å². The Morgan fingerprint density at radius 1 is 1.50 bits per heavy atom. The molecule has 5 heteroatoms. The summed E-state index contributed by atoms with van der Waals surface area (Å²) in [5.41, 5.74) is 0. The monoisotopic (exact) mass is 229 g/mol. The van der Waals surface area contributed by atoms with Crippen LogP contribution in [0.1, 0.15) is 26.7 Å². The van der Waals surface area contributed by atoms with Crippen molar-refractivity contribution < 1.29 is 19.4 Å². The van der Waals surface area contributed by atoms with Crippen molar-refractivity contribution >= 4 is 12.1 Å². The van der Waals surface area contributed by atoms with Crippen molar-refractivity contribution in [2.24, 2.45) is 5.92 Å². The molecule has 16 heavy (non-hydrogen) atoms. The fourth-order valence-electron chi connectivity index (χ4n) is 1.32. The fourth-order valence-corrected chi connectivity index (χ4v) is 1.32. The normalized spacial score (nSPS) is 11.9. The highest BCUT2D eigenvalue weighted by atomic mass is 16.5. The van der Waals surface area contributed by atoms with Gasteiger partial charge in [0.15, 0.2) is 0 Å². The molecule has 0 radical (unpaired) electrons. The molecule has 0 bridgehead atoms. The van der Waals surface area contributed by atoms with Gasteiger partial charge in [-0.15, -0.1) is 0 Å². The summed E-state index contributed by atoms with van der Waals surface area (Å²) in [5, 5.41) is 11.2. The van der Waals surface area contributed by atoms with E-state index in [0.29, 0.717) is 12.3 Å². The predicted molar refractivity (Wildman–Crippen MR) is 60.2 cm³/mol. The Morgan fingerprint density at radius 3 is 2.56 bits per heavy atom. The molecule has 0 aliphatic rings. The first-order valence-corrected chi connectivity index (χ1v) is 5.21. The van der Waals surface area contributed by atoms with Crippen LogP contribution in [0.5, 0.6) is 0 Å². The quantitative estimate of drug-likeness (QED) is 0.652. The van der Waals surface area contributed by atoms with Crippen LogP contribution in [0.4, 0.5) is 4.79 Å². The van der Waals surface area contributed by atoms with Crippen LogP contribution in [-0.2, 0) is 9.53 Å². The van der Waals surface area contributed by atoms with E-state index in [9.17, 15) is 9.59 Å². The van der Waals surface area contributed by atoms with Gasteiger partial charge in [0.25, 0.3) is 0 Å². The van der Waals surface area contributed by atoms with Gasteiger partial charge in [-0.1, -0.05) is 26.5 Å². The molecule has 2 N–H and O–H groups in total. The second kappa shape index (κ2) is 7.73. The lowest BCUT2D eigenvalue weighted by Gasteiger charge is -2.18. The average molecular weight is 229 g/mol. The molecular weight excluding hydrogens is 210 g/mol. The SMILES string of the molecule is C=CCOC(=O)N[C@@H](CC(=O)O)CC(C)C. The smallest absolute Gasteiger partial charge is 0.407 e. The van der Waals surface area contributed by atoms with Crippen LogP contribution in [0.3, 0.4) is 0 Å². The molecule has 0 fully saturated rings. The van der Waals surface area contributed by atoms with E-state index in [0.717, 1.165) is 0 Å². The molecular formula is C11H19NO4. The molecule has 0 rings (SSSR count). The molecule has 0 aromatic heterocycles. The molecule has 0 saturated carbocycles. The first kappa shape index (κ1) is 14.5. The number of hydrogen-bond acceptors (Lipinski definition) is 3. The third-order valence-corrected chi connectivity index (χ3v) is 1.83.